The molecule has 0 radical (unpaired) electrons. The van der Waals surface area contributed by atoms with E-state index in [1.807, 2.05) is 47.8 Å². The summed E-state index contributed by atoms with van der Waals surface area (Å²) in [5.74, 6) is 0.804. The Morgan fingerprint density at radius 1 is 1.15 bits per heavy atom. The number of rotatable bonds is 11. The van der Waals surface area contributed by atoms with Crippen LogP contribution in [0.25, 0.3) is 0 Å². The molecule has 1 fully saturated rings. The van der Waals surface area contributed by atoms with Gasteiger partial charge in [-0.1, -0.05) is 42.5 Å². The fraction of sp³-hybridized carbons (Fsp3) is 0.407. The maximum atomic E-state index is 12.4. The molecule has 4 rings (SSSR count). The van der Waals surface area contributed by atoms with Crippen LogP contribution in [-0.2, 0) is 28.9 Å². The molecule has 1 aliphatic rings. The van der Waals surface area contributed by atoms with Gasteiger partial charge in [-0.3, -0.25) is 9.69 Å². The second-order valence-electron chi connectivity index (χ2n) is 8.67. The SMILES string of the molecule is CN(CCOc1cccc(CNC(=O)Cc2csc(Cc3ccccc3)n2)c1)C1CCOCC1. The van der Waals surface area contributed by atoms with Crippen molar-refractivity contribution in [3.63, 3.8) is 0 Å². The molecule has 0 aliphatic carbocycles. The first-order valence-corrected chi connectivity index (χ1v) is 12.8. The molecule has 1 amide bonds. The van der Waals surface area contributed by atoms with Crippen LogP contribution in [0.4, 0.5) is 0 Å². The zero-order valence-electron chi connectivity index (χ0n) is 19.7. The summed E-state index contributed by atoms with van der Waals surface area (Å²) in [5.41, 5.74) is 3.07. The van der Waals surface area contributed by atoms with E-state index in [1.54, 1.807) is 11.3 Å². The first-order valence-electron chi connectivity index (χ1n) is 11.9. The fourth-order valence-corrected chi connectivity index (χ4v) is 4.90. The number of hydrogen-bond donors (Lipinski definition) is 1. The van der Waals surface area contributed by atoms with Gasteiger partial charge in [0.2, 0.25) is 5.91 Å². The standard InChI is InChI=1S/C27H33N3O3S/c1-30(24-10-13-32-14-11-24)12-15-33-25-9-5-8-22(16-25)19-28-26(31)18-23-20-34-27(29-23)17-21-6-3-2-4-7-21/h2-9,16,20,24H,10-15,17-19H2,1H3,(H,28,31). The summed E-state index contributed by atoms with van der Waals surface area (Å²) in [7, 11) is 2.15. The Morgan fingerprint density at radius 2 is 1.94 bits per heavy atom. The monoisotopic (exact) mass is 479 g/mol. The van der Waals surface area contributed by atoms with Crippen LogP contribution in [-0.4, -0.2) is 55.2 Å². The number of benzene rings is 2. The van der Waals surface area contributed by atoms with E-state index in [0.717, 1.165) is 61.0 Å². The molecule has 1 aliphatic heterocycles. The predicted molar refractivity (Wildman–Crippen MR) is 135 cm³/mol. The Balaban J connectivity index is 1.18. The molecule has 0 unspecified atom stereocenters. The Bertz CT molecular complexity index is 1030. The van der Waals surface area contributed by atoms with Gasteiger partial charge in [0, 0.05) is 44.1 Å². The predicted octanol–water partition coefficient (Wildman–Crippen LogP) is 4.08. The van der Waals surface area contributed by atoms with Crippen molar-refractivity contribution in [1.82, 2.24) is 15.2 Å². The number of ether oxygens (including phenoxy) is 2. The van der Waals surface area contributed by atoms with Crippen molar-refractivity contribution in [3.8, 4) is 5.75 Å². The molecule has 0 saturated carbocycles. The van der Waals surface area contributed by atoms with E-state index in [4.69, 9.17) is 9.47 Å². The second-order valence-corrected chi connectivity index (χ2v) is 9.61. The summed E-state index contributed by atoms with van der Waals surface area (Å²) in [6.07, 6.45) is 3.26. The van der Waals surface area contributed by atoms with Crippen LogP contribution in [0.2, 0.25) is 0 Å². The summed E-state index contributed by atoms with van der Waals surface area (Å²) < 4.78 is 11.4. The molecule has 1 N–H and O–H groups in total. The van der Waals surface area contributed by atoms with Gasteiger partial charge in [0.25, 0.3) is 0 Å². The van der Waals surface area contributed by atoms with E-state index >= 15 is 0 Å². The normalized spacial score (nSPS) is 14.3. The molecule has 180 valence electrons. The molecule has 1 aromatic heterocycles. The van der Waals surface area contributed by atoms with Gasteiger partial charge in [0.05, 0.1) is 17.1 Å². The Labute approximate surface area is 205 Å². The zero-order valence-corrected chi connectivity index (χ0v) is 20.6. The summed E-state index contributed by atoms with van der Waals surface area (Å²) in [5, 5.41) is 6.01. The van der Waals surface area contributed by atoms with Crippen molar-refractivity contribution in [2.45, 2.75) is 38.3 Å². The maximum Gasteiger partial charge on any atom is 0.226 e. The summed E-state index contributed by atoms with van der Waals surface area (Å²) in [4.78, 5) is 19.4. The van der Waals surface area contributed by atoms with Gasteiger partial charge in [-0.05, 0) is 43.1 Å². The van der Waals surface area contributed by atoms with E-state index in [2.05, 4.69) is 34.4 Å². The van der Waals surface area contributed by atoms with Crippen LogP contribution in [0.3, 0.4) is 0 Å². The lowest BCUT2D eigenvalue weighted by Crippen LogP contribution is -2.38. The number of nitrogens with one attached hydrogen (secondary N) is 1. The molecule has 0 spiro atoms. The third kappa shape index (κ3) is 7.65. The third-order valence-corrected chi connectivity index (χ3v) is 6.95. The molecule has 6 nitrogen and oxygen atoms in total. The van der Waals surface area contributed by atoms with E-state index < -0.39 is 0 Å². The van der Waals surface area contributed by atoms with Crippen molar-refractivity contribution in [2.24, 2.45) is 0 Å². The average molecular weight is 480 g/mol. The maximum absolute atomic E-state index is 12.4. The number of hydrogen-bond acceptors (Lipinski definition) is 6. The fourth-order valence-electron chi connectivity index (χ4n) is 4.07. The van der Waals surface area contributed by atoms with Gasteiger partial charge in [-0.25, -0.2) is 4.98 Å². The number of thiazole rings is 1. The van der Waals surface area contributed by atoms with Crippen LogP contribution in [0.15, 0.2) is 60.0 Å². The minimum absolute atomic E-state index is 0.0269. The highest BCUT2D eigenvalue weighted by atomic mass is 32.1. The molecular weight excluding hydrogens is 446 g/mol. The third-order valence-electron chi connectivity index (χ3n) is 6.05. The first-order chi connectivity index (χ1) is 16.7. The van der Waals surface area contributed by atoms with Crippen LogP contribution in [0.1, 0.15) is 34.7 Å². The van der Waals surface area contributed by atoms with E-state index in [1.165, 1.54) is 5.56 Å². The van der Waals surface area contributed by atoms with Gasteiger partial charge in [0.1, 0.15) is 12.4 Å². The number of carbonyl (C=O) groups excluding carboxylic acids is 1. The molecule has 0 bridgehead atoms. The molecule has 3 aromatic rings. The van der Waals surface area contributed by atoms with E-state index in [9.17, 15) is 4.79 Å². The van der Waals surface area contributed by atoms with E-state index in [-0.39, 0.29) is 5.91 Å². The molecule has 1 saturated heterocycles. The summed E-state index contributed by atoms with van der Waals surface area (Å²) in [6, 6.07) is 18.8. The number of aromatic nitrogens is 1. The van der Waals surface area contributed by atoms with Crippen molar-refractivity contribution in [2.75, 3.05) is 33.4 Å². The van der Waals surface area contributed by atoms with Crippen molar-refractivity contribution >= 4 is 17.2 Å². The highest BCUT2D eigenvalue weighted by Crippen LogP contribution is 2.17. The van der Waals surface area contributed by atoms with Crippen molar-refractivity contribution in [1.29, 1.82) is 0 Å². The van der Waals surface area contributed by atoms with Crippen LogP contribution >= 0.6 is 11.3 Å². The quantitative estimate of drug-likeness (QED) is 0.449. The molecule has 2 aromatic carbocycles. The van der Waals surface area contributed by atoms with Crippen molar-refractivity contribution < 1.29 is 14.3 Å². The second kappa shape index (κ2) is 12.6. The van der Waals surface area contributed by atoms with Gasteiger partial charge in [-0.15, -0.1) is 11.3 Å². The summed E-state index contributed by atoms with van der Waals surface area (Å²) in [6.45, 7) is 3.69. The average Bonchev–Trinajstić information content (AvgIpc) is 3.30. The topological polar surface area (TPSA) is 63.7 Å². The number of nitrogens with zero attached hydrogens (tertiary/aromatic N) is 2. The van der Waals surface area contributed by atoms with Crippen LogP contribution < -0.4 is 10.1 Å². The lowest BCUT2D eigenvalue weighted by Gasteiger charge is -2.31. The van der Waals surface area contributed by atoms with Gasteiger partial charge in [-0.2, -0.15) is 0 Å². The minimum Gasteiger partial charge on any atom is -0.492 e. The van der Waals surface area contributed by atoms with E-state index in [0.29, 0.717) is 25.6 Å². The number of amides is 1. The lowest BCUT2D eigenvalue weighted by atomic mass is 10.1. The number of carbonyl (C=O) groups is 1. The van der Waals surface area contributed by atoms with Crippen LogP contribution in [0, 0.1) is 0 Å². The minimum atomic E-state index is -0.0269. The molecular formula is C27H33N3O3S. The first kappa shape index (κ1) is 24.4. The molecule has 2 heterocycles. The Hall–Kier alpha value is -2.74. The number of likely N-dealkylation sites (N-methyl/N-ethyl adjacent to an activating group) is 1. The molecule has 0 atom stereocenters. The molecule has 7 heteroatoms. The molecule has 34 heavy (non-hydrogen) atoms. The highest BCUT2D eigenvalue weighted by Gasteiger charge is 2.18. The van der Waals surface area contributed by atoms with Gasteiger partial charge >= 0.3 is 0 Å². The smallest absolute Gasteiger partial charge is 0.226 e. The Morgan fingerprint density at radius 3 is 2.76 bits per heavy atom. The highest BCUT2D eigenvalue weighted by molar-refractivity contribution is 7.09. The van der Waals surface area contributed by atoms with Crippen LogP contribution in [0.5, 0.6) is 5.75 Å². The lowest BCUT2D eigenvalue weighted by molar-refractivity contribution is -0.120. The Kier molecular flexibility index (Phi) is 9.07. The largest absolute Gasteiger partial charge is 0.492 e. The van der Waals surface area contributed by atoms with Gasteiger partial charge < -0.3 is 14.8 Å². The zero-order chi connectivity index (χ0) is 23.6. The van der Waals surface area contributed by atoms with Gasteiger partial charge in [0.15, 0.2) is 0 Å². The van der Waals surface area contributed by atoms with Crippen molar-refractivity contribution in [3.05, 3.63) is 81.8 Å². The summed E-state index contributed by atoms with van der Waals surface area (Å²) >= 11 is 1.60.